The number of amides is 2. The second-order valence-electron chi connectivity index (χ2n) is 12.5. The number of piperidine rings is 1. The van der Waals surface area contributed by atoms with Crippen LogP contribution in [0.5, 0.6) is 0 Å². The summed E-state index contributed by atoms with van der Waals surface area (Å²) in [5.41, 5.74) is 4.88. The van der Waals surface area contributed by atoms with Crippen molar-refractivity contribution in [1.29, 1.82) is 0 Å². The molecule has 0 bridgehead atoms. The number of carbonyl (C=O) groups excluding carboxylic acids is 2. The molecule has 6 rings (SSSR count). The standard InChI is InChI=1S/C30H40N4O2/c1-18-17-19-20-9-10-22(28(36)31-16-13-25-32-23-7-5-6-8-24(23)33-25)29(20,2)14-11-21(19)30(3)15-12-26(35)34(4)27(18)30/h5-8,19-22H,9-17H2,1-4H3,(H,31,36)(H,32,33)/t19-,20-,21-,22+,29-,30+/m0/s1. The van der Waals surface area contributed by atoms with Gasteiger partial charge in [0.05, 0.1) is 11.0 Å². The van der Waals surface area contributed by atoms with Gasteiger partial charge < -0.3 is 15.2 Å². The Bertz CT molecular complexity index is 1210. The fourth-order valence-corrected chi connectivity index (χ4v) is 9.09. The Labute approximate surface area is 214 Å². The Kier molecular flexibility index (Phi) is 5.58. The molecule has 3 aliphatic carbocycles. The van der Waals surface area contributed by atoms with Crippen LogP contribution in [0.3, 0.4) is 0 Å². The first-order chi connectivity index (χ1) is 17.2. The van der Waals surface area contributed by atoms with E-state index in [9.17, 15) is 9.59 Å². The Balaban J connectivity index is 1.16. The number of rotatable bonds is 4. The molecule has 1 saturated heterocycles. The first kappa shape index (κ1) is 23.7. The number of para-hydroxylation sites is 2. The first-order valence-corrected chi connectivity index (χ1v) is 13.9. The quantitative estimate of drug-likeness (QED) is 0.620. The van der Waals surface area contributed by atoms with E-state index in [0.717, 1.165) is 61.8 Å². The number of H-pyrrole nitrogens is 1. The summed E-state index contributed by atoms with van der Waals surface area (Å²) in [7, 11) is 1.98. The summed E-state index contributed by atoms with van der Waals surface area (Å²) < 4.78 is 0. The van der Waals surface area contributed by atoms with Crippen LogP contribution in [0, 0.1) is 34.5 Å². The van der Waals surface area contributed by atoms with Crippen LogP contribution in [0.25, 0.3) is 11.0 Å². The lowest BCUT2D eigenvalue weighted by Crippen LogP contribution is -2.55. The predicted octanol–water partition coefficient (Wildman–Crippen LogP) is 5.22. The number of carbonyl (C=O) groups is 2. The Morgan fingerprint density at radius 2 is 1.97 bits per heavy atom. The fourth-order valence-electron chi connectivity index (χ4n) is 9.09. The maximum Gasteiger partial charge on any atom is 0.226 e. The Hall–Kier alpha value is -2.63. The van der Waals surface area contributed by atoms with Crippen LogP contribution in [-0.4, -0.2) is 40.3 Å². The molecule has 0 spiro atoms. The van der Waals surface area contributed by atoms with Gasteiger partial charge in [0.1, 0.15) is 5.82 Å². The smallest absolute Gasteiger partial charge is 0.226 e. The highest BCUT2D eigenvalue weighted by molar-refractivity contribution is 5.81. The molecule has 0 unspecified atom stereocenters. The summed E-state index contributed by atoms with van der Waals surface area (Å²) in [6, 6.07) is 8.06. The number of hydrogen-bond acceptors (Lipinski definition) is 3. The topological polar surface area (TPSA) is 78.1 Å². The molecule has 6 atom stereocenters. The van der Waals surface area contributed by atoms with E-state index >= 15 is 0 Å². The summed E-state index contributed by atoms with van der Waals surface area (Å²) in [5, 5.41) is 3.27. The van der Waals surface area contributed by atoms with Gasteiger partial charge in [0.25, 0.3) is 0 Å². The highest BCUT2D eigenvalue weighted by atomic mass is 16.2. The average molecular weight is 489 g/mol. The van der Waals surface area contributed by atoms with E-state index in [4.69, 9.17) is 0 Å². The number of fused-ring (bicyclic) bond motifs is 6. The second kappa shape index (κ2) is 8.46. The zero-order valence-electron chi connectivity index (χ0n) is 22.2. The van der Waals surface area contributed by atoms with Crippen molar-refractivity contribution in [2.24, 2.45) is 34.5 Å². The molecule has 0 radical (unpaired) electrons. The lowest BCUT2D eigenvalue weighted by molar-refractivity contribution is -0.138. The largest absolute Gasteiger partial charge is 0.355 e. The molecule has 6 nitrogen and oxygen atoms in total. The van der Waals surface area contributed by atoms with Gasteiger partial charge in [-0.25, -0.2) is 4.98 Å². The molecule has 2 saturated carbocycles. The van der Waals surface area contributed by atoms with Gasteiger partial charge in [0.2, 0.25) is 11.8 Å². The van der Waals surface area contributed by atoms with Crippen LogP contribution in [0.2, 0.25) is 0 Å². The van der Waals surface area contributed by atoms with Crippen molar-refractivity contribution >= 4 is 22.8 Å². The number of likely N-dealkylation sites (tertiary alicyclic amines) is 1. The number of aromatic nitrogens is 2. The van der Waals surface area contributed by atoms with E-state index in [1.54, 1.807) is 0 Å². The lowest BCUT2D eigenvalue weighted by atomic mass is 9.48. The van der Waals surface area contributed by atoms with Gasteiger partial charge in [-0.15, -0.1) is 0 Å². The molecule has 1 aliphatic heterocycles. The summed E-state index contributed by atoms with van der Waals surface area (Å²) >= 11 is 0. The highest BCUT2D eigenvalue weighted by Gasteiger charge is 2.61. The van der Waals surface area contributed by atoms with Gasteiger partial charge in [0.15, 0.2) is 0 Å². The zero-order chi connectivity index (χ0) is 25.2. The van der Waals surface area contributed by atoms with Crippen molar-refractivity contribution in [3.05, 3.63) is 41.4 Å². The molecule has 3 fully saturated rings. The van der Waals surface area contributed by atoms with Crippen LogP contribution in [0.4, 0.5) is 0 Å². The summed E-state index contributed by atoms with van der Waals surface area (Å²) in [4.78, 5) is 36.0. The third-order valence-electron chi connectivity index (χ3n) is 10.7. The van der Waals surface area contributed by atoms with E-state index in [1.807, 2.05) is 36.2 Å². The minimum absolute atomic E-state index is 0.0646. The number of allylic oxidation sites excluding steroid dienone is 2. The number of hydrogen-bond donors (Lipinski definition) is 2. The number of benzene rings is 1. The molecule has 1 aromatic heterocycles. The first-order valence-electron chi connectivity index (χ1n) is 13.9. The van der Waals surface area contributed by atoms with E-state index in [2.05, 4.69) is 36.1 Å². The van der Waals surface area contributed by atoms with Crippen LogP contribution >= 0.6 is 0 Å². The van der Waals surface area contributed by atoms with Crippen LogP contribution in [0.1, 0.15) is 71.5 Å². The zero-order valence-corrected chi connectivity index (χ0v) is 22.2. The van der Waals surface area contributed by atoms with E-state index in [1.165, 1.54) is 11.3 Å². The third-order valence-corrected chi connectivity index (χ3v) is 10.7. The van der Waals surface area contributed by atoms with Crippen LogP contribution in [0.15, 0.2) is 35.5 Å². The van der Waals surface area contributed by atoms with E-state index < -0.39 is 0 Å². The van der Waals surface area contributed by atoms with Gasteiger partial charge in [-0.2, -0.15) is 0 Å². The molecule has 2 amide bonds. The number of nitrogens with one attached hydrogen (secondary N) is 2. The van der Waals surface area contributed by atoms with Crippen molar-refractivity contribution < 1.29 is 9.59 Å². The maximum atomic E-state index is 13.5. The molecule has 1 aromatic carbocycles. The van der Waals surface area contributed by atoms with E-state index in [0.29, 0.717) is 30.7 Å². The van der Waals surface area contributed by atoms with Gasteiger partial charge >= 0.3 is 0 Å². The fraction of sp³-hybridized carbons (Fsp3) is 0.633. The molecule has 2 N–H and O–H groups in total. The molecule has 36 heavy (non-hydrogen) atoms. The van der Waals surface area contributed by atoms with E-state index in [-0.39, 0.29) is 28.6 Å². The minimum Gasteiger partial charge on any atom is -0.355 e. The van der Waals surface area contributed by atoms with Crippen molar-refractivity contribution in [3.63, 3.8) is 0 Å². The van der Waals surface area contributed by atoms with Crippen molar-refractivity contribution in [2.75, 3.05) is 13.6 Å². The predicted molar refractivity (Wildman–Crippen MR) is 141 cm³/mol. The molecule has 6 heteroatoms. The summed E-state index contributed by atoms with van der Waals surface area (Å²) in [6.45, 7) is 7.69. The number of nitrogens with zero attached hydrogens (tertiary/aromatic N) is 2. The minimum atomic E-state index is 0.0646. The van der Waals surface area contributed by atoms with Gasteiger partial charge in [-0.3, -0.25) is 9.59 Å². The van der Waals surface area contributed by atoms with Crippen molar-refractivity contribution in [2.45, 2.75) is 72.1 Å². The SMILES string of the molecule is CC1=C2N(C)C(=O)CC[C@]2(C)[C@H]2CC[C@]3(C)[C@@H](C(=O)NCCc4nc5ccccc5[nH]4)CC[C@H]3[C@@H]2C1. The summed E-state index contributed by atoms with van der Waals surface area (Å²) in [6.07, 6.45) is 7.84. The van der Waals surface area contributed by atoms with Gasteiger partial charge in [-0.05, 0) is 80.8 Å². The molecular formula is C30H40N4O2. The third kappa shape index (κ3) is 3.47. The summed E-state index contributed by atoms with van der Waals surface area (Å²) in [5.74, 6) is 3.32. The maximum absolute atomic E-state index is 13.5. The average Bonchev–Trinajstić information content (AvgIpc) is 3.42. The molecule has 2 aromatic rings. The normalized spacial score (nSPS) is 36.0. The lowest BCUT2D eigenvalue weighted by Gasteiger charge is -2.59. The van der Waals surface area contributed by atoms with Gasteiger partial charge in [0, 0.05) is 43.5 Å². The molecular weight excluding hydrogens is 448 g/mol. The molecule has 2 heterocycles. The van der Waals surface area contributed by atoms with Crippen molar-refractivity contribution in [1.82, 2.24) is 20.2 Å². The van der Waals surface area contributed by atoms with Gasteiger partial charge in [-0.1, -0.05) is 31.6 Å². The monoisotopic (exact) mass is 488 g/mol. The Morgan fingerprint density at radius 1 is 1.17 bits per heavy atom. The van der Waals surface area contributed by atoms with Crippen LogP contribution in [-0.2, 0) is 16.0 Å². The Morgan fingerprint density at radius 3 is 2.78 bits per heavy atom. The highest BCUT2D eigenvalue weighted by Crippen LogP contribution is 2.66. The second-order valence-corrected chi connectivity index (χ2v) is 12.5. The van der Waals surface area contributed by atoms with Crippen LogP contribution < -0.4 is 5.32 Å². The molecule has 4 aliphatic rings. The number of aromatic amines is 1. The van der Waals surface area contributed by atoms with Crippen molar-refractivity contribution in [3.8, 4) is 0 Å². The molecule has 192 valence electrons. The number of imidazole rings is 1.